The number of fused-ring (bicyclic) bond motifs is 2. The number of benzene rings is 2. The van der Waals surface area contributed by atoms with Crippen molar-refractivity contribution in [3.63, 3.8) is 0 Å². The zero-order valence-electron chi connectivity index (χ0n) is 15.4. The van der Waals surface area contributed by atoms with Crippen LogP contribution in [0.2, 0.25) is 0 Å². The van der Waals surface area contributed by atoms with E-state index in [1.807, 2.05) is 29.2 Å². The summed E-state index contributed by atoms with van der Waals surface area (Å²) in [5.41, 5.74) is 4.77. The molecule has 3 aromatic rings. The first-order chi connectivity index (χ1) is 13.3. The summed E-state index contributed by atoms with van der Waals surface area (Å²) in [6, 6.07) is 17.2. The number of rotatable bonds is 2. The second kappa shape index (κ2) is 6.82. The van der Waals surface area contributed by atoms with Gasteiger partial charge in [0.1, 0.15) is 0 Å². The minimum absolute atomic E-state index is 0.0137. The average molecular weight is 360 g/mol. The Labute approximate surface area is 159 Å². The van der Waals surface area contributed by atoms with E-state index in [1.165, 1.54) is 24.0 Å². The molecule has 0 unspecified atom stereocenters. The normalized spacial score (nSPS) is 20.6. The predicted octanol–water partition coefficient (Wildman–Crippen LogP) is 2.88. The van der Waals surface area contributed by atoms with Gasteiger partial charge in [0, 0.05) is 32.2 Å². The van der Waals surface area contributed by atoms with E-state index in [9.17, 15) is 4.79 Å². The zero-order valence-corrected chi connectivity index (χ0v) is 15.4. The van der Waals surface area contributed by atoms with Gasteiger partial charge >= 0.3 is 0 Å². The van der Waals surface area contributed by atoms with E-state index < -0.39 is 0 Å². The summed E-state index contributed by atoms with van der Waals surface area (Å²) in [6.07, 6.45) is 3.52. The maximum Gasteiger partial charge on any atom is 0.289 e. The van der Waals surface area contributed by atoms with Crippen LogP contribution < -0.4 is 0 Å². The number of para-hydroxylation sites is 2. The predicted molar refractivity (Wildman–Crippen MR) is 106 cm³/mol. The lowest BCUT2D eigenvalue weighted by Crippen LogP contribution is -2.53. The Morgan fingerprint density at radius 3 is 2.52 bits per heavy atom. The number of piperazine rings is 1. The van der Waals surface area contributed by atoms with Crippen molar-refractivity contribution in [2.45, 2.75) is 25.3 Å². The number of nitrogens with one attached hydrogen (secondary N) is 1. The topological polar surface area (TPSA) is 52.2 Å². The molecule has 5 nitrogen and oxygen atoms in total. The highest BCUT2D eigenvalue weighted by Gasteiger charge is 2.29. The molecule has 27 heavy (non-hydrogen) atoms. The van der Waals surface area contributed by atoms with Gasteiger partial charge in [0.05, 0.1) is 11.0 Å². The molecule has 1 N–H and O–H groups in total. The van der Waals surface area contributed by atoms with Gasteiger partial charge in [-0.25, -0.2) is 4.98 Å². The number of aryl methyl sites for hydroxylation is 1. The van der Waals surface area contributed by atoms with Crippen molar-refractivity contribution < 1.29 is 4.79 Å². The van der Waals surface area contributed by atoms with Crippen molar-refractivity contribution >= 4 is 16.9 Å². The minimum atomic E-state index is 0.0137. The first kappa shape index (κ1) is 16.5. The Hall–Kier alpha value is -2.66. The Balaban J connectivity index is 1.23. The maximum atomic E-state index is 12.8. The number of nitrogens with zero attached hydrogens (tertiary/aromatic N) is 3. The molecule has 1 aromatic heterocycles. The van der Waals surface area contributed by atoms with Gasteiger partial charge in [-0.3, -0.25) is 9.69 Å². The molecule has 1 aliphatic heterocycles. The third-order valence-electron chi connectivity index (χ3n) is 6.03. The van der Waals surface area contributed by atoms with E-state index in [-0.39, 0.29) is 5.91 Å². The molecule has 0 saturated carbocycles. The largest absolute Gasteiger partial charge is 0.334 e. The van der Waals surface area contributed by atoms with Crippen LogP contribution in [0, 0.1) is 0 Å². The summed E-state index contributed by atoms with van der Waals surface area (Å²) in [7, 11) is 0. The number of carbonyl (C=O) groups excluding carboxylic acids is 1. The molecule has 2 aromatic carbocycles. The number of aromatic nitrogens is 2. The molecule has 0 radical (unpaired) electrons. The van der Waals surface area contributed by atoms with E-state index in [0.717, 1.165) is 43.6 Å². The van der Waals surface area contributed by atoms with Gasteiger partial charge < -0.3 is 9.88 Å². The molecule has 1 fully saturated rings. The molecule has 1 amide bonds. The molecule has 0 bridgehead atoms. The third kappa shape index (κ3) is 3.12. The van der Waals surface area contributed by atoms with Crippen LogP contribution in [-0.4, -0.2) is 57.9 Å². The lowest BCUT2D eigenvalue weighted by atomic mass is 9.87. The summed E-state index contributed by atoms with van der Waals surface area (Å²) in [4.78, 5) is 25.0. The molecule has 2 aliphatic rings. The zero-order chi connectivity index (χ0) is 18.2. The molecule has 2 heterocycles. The number of imidazole rings is 1. The quantitative estimate of drug-likeness (QED) is 0.765. The van der Waals surface area contributed by atoms with Crippen LogP contribution in [0.3, 0.4) is 0 Å². The number of hydrogen-bond donors (Lipinski definition) is 1. The molecule has 138 valence electrons. The van der Waals surface area contributed by atoms with E-state index in [1.54, 1.807) is 0 Å². The minimum Gasteiger partial charge on any atom is -0.334 e. The smallest absolute Gasteiger partial charge is 0.289 e. The number of carbonyl (C=O) groups is 1. The molecule has 1 aliphatic carbocycles. The number of H-pyrrole nitrogens is 1. The summed E-state index contributed by atoms with van der Waals surface area (Å²) in [6.45, 7) is 3.43. The van der Waals surface area contributed by atoms with E-state index in [0.29, 0.717) is 11.9 Å². The van der Waals surface area contributed by atoms with Crippen LogP contribution in [0.4, 0.5) is 0 Å². The lowest BCUT2D eigenvalue weighted by Gasteiger charge is -2.40. The first-order valence-electron chi connectivity index (χ1n) is 9.83. The van der Waals surface area contributed by atoms with Crippen molar-refractivity contribution in [3.05, 3.63) is 65.5 Å². The number of hydrogen-bond acceptors (Lipinski definition) is 3. The summed E-state index contributed by atoms with van der Waals surface area (Å²) < 4.78 is 0. The molecule has 1 atom stereocenters. The van der Waals surface area contributed by atoms with Gasteiger partial charge in [-0.1, -0.05) is 36.4 Å². The highest BCUT2D eigenvalue weighted by atomic mass is 16.2. The van der Waals surface area contributed by atoms with Gasteiger partial charge in [-0.2, -0.15) is 0 Å². The maximum absolute atomic E-state index is 12.8. The Morgan fingerprint density at radius 2 is 1.70 bits per heavy atom. The van der Waals surface area contributed by atoms with Crippen LogP contribution in [0.25, 0.3) is 11.0 Å². The lowest BCUT2D eigenvalue weighted by molar-refractivity contribution is 0.0543. The fraction of sp³-hybridized carbons (Fsp3) is 0.364. The van der Waals surface area contributed by atoms with Gasteiger partial charge in [0.15, 0.2) is 5.82 Å². The fourth-order valence-corrected chi connectivity index (χ4v) is 4.48. The van der Waals surface area contributed by atoms with Crippen molar-refractivity contribution in [2.75, 3.05) is 26.2 Å². The molecule has 5 heteroatoms. The van der Waals surface area contributed by atoms with E-state index >= 15 is 0 Å². The van der Waals surface area contributed by atoms with Gasteiger partial charge in [-0.15, -0.1) is 0 Å². The Kier molecular flexibility index (Phi) is 4.17. The molecule has 0 spiro atoms. The SMILES string of the molecule is O=C(c1nc2ccccc2[nH]1)N1CCN([C@@H]2CCc3ccccc3C2)CC1. The Bertz CT molecular complexity index is 938. The van der Waals surface area contributed by atoms with Crippen molar-refractivity contribution in [2.24, 2.45) is 0 Å². The summed E-state index contributed by atoms with van der Waals surface area (Å²) in [5, 5.41) is 0. The molecule has 5 rings (SSSR count). The van der Waals surface area contributed by atoms with Crippen molar-refractivity contribution in [1.29, 1.82) is 0 Å². The van der Waals surface area contributed by atoms with Gasteiger partial charge in [0.2, 0.25) is 0 Å². The second-order valence-corrected chi connectivity index (χ2v) is 7.60. The number of amides is 1. The average Bonchev–Trinajstić information content (AvgIpc) is 3.17. The molecule has 1 saturated heterocycles. The molecular weight excluding hydrogens is 336 g/mol. The highest BCUT2D eigenvalue weighted by molar-refractivity contribution is 5.94. The van der Waals surface area contributed by atoms with Crippen LogP contribution in [0.5, 0.6) is 0 Å². The second-order valence-electron chi connectivity index (χ2n) is 7.60. The van der Waals surface area contributed by atoms with Crippen LogP contribution in [-0.2, 0) is 12.8 Å². The van der Waals surface area contributed by atoms with Crippen LogP contribution in [0.15, 0.2) is 48.5 Å². The van der Waals surface area contributed by atoms with Crippen LogP contribution >= 0.6 is 0 Å². The third-order valence-corrected chi connectivity index (χ3v) is 6.03. The van der Waals surface area contributed by atoms with E-state index in [4.69, 9.17) is 0 Å². The Morgan fingerprint density at radius 1 is 0.963 bits per heavy atom. The van der Waals surface area contributed by atoms with Crippen molar-refractivity contribution in [1.82, 2.24) is 19.8 Å². The van der Waals surface area contributed by atoms with Gasteiger partial charge in [-0.05, 0) is 42.5 Å². The number of aromatic amines is 1. The summed E-state index contributed by atoms with van der Waals surface area (Å²) in [5.74, 6) is 0.469. The first-order valence-corrected chi connectivity index (χ1v) is 9.83. The van der Waals surface area contributed by atoms with E-state index in [2.05, 4.69) is 39.1 Å². The monoisotopic (exact) mass is 360 g/mol. The molecular formula is C22H24N4O. The van der Waals surface area contributed by atoms with Gasteiger partial charge in [0.25, 0.3) is 5.91 Å². The fourth-order valence-electron chi connectivity index (χ4n) is 4.48. The van der Waals surface area contributed by atoms with Crippen LogP contribution in [0.1, 0.15) is 28.2 Å². The standard InChI is InChI=1S/C22H24N4O/c27-22(21-23-19-7-3-4-8-20(19)24-21)26-13-11-25(12-14-26)18-10-9-16-5-1-2-6-17(16)15-18/h1-8,18H,9-15H2,(H,23,24)/t18-/m1/s1. The van der Waals surface area contributed by atoms with Crippen molar-refractivity contribution in [3.8, 4) is 0 Å². The summed E-state index contributed by atoms with van der Waals surface area (Å²) >= 11 is 0. The highest BCUT2D eigenvalue weighted by Crippen LogP contribution is 2.25.